The fourth-order valence-electron chi connectivity index (χ4n) is 7.27. The highest BCUT2D eigenvalue weighted by Crippen LogP contribution is 2.08. The molecule has 0 saturated heterocycles. The van der Waals surface area contributed by atoms with Crippen LogP contribution < -0.4 is 45.9 Å². The first kappa shape index (κ1) is 53.4. The van der Waals surface area contributed by atoms with Crippen molar-refractivity contribution in [2.24, 2.45) is 45.9 Å². The van der Waals surface area contributed by atoms with Gasteiger partial charge in [-0.25, -0.2) is 0 Å². The largest absolute Gasteiger partial charge is 0.330 e. The van der Waals surface area contributed by atoms with Crippen molar-refractivity contribution >= 4 is 0 Å². The van der Waals surface area contributed by atoms with E-state index in [1.165, 1.54) is 38.5 Å². The molecule has 14 nitrogen and oxygen atoms in total. The van der Waals surface area contributed by atoms with Crippen molar-refractivity contribution in [2.45, 2.75) is 89.9 Å². The molecule has 0 saturated carbocycles. The topological polar surface area (TPSA) is 228 Å². The van der Waals surface area contributed by atoms with Gasteiger partial charge >= 0.3 is 0 Å². The van der Waals surface area contributed by atoms with Gasteiger partial charge in [0, 0.05) is 0 Å². The summed E-state index contributed by atoms with van der Waals surface area (Å²) in [4.78, 5) is 15.7. The van der Waals surface area contributed by atoms with E-state index in [9.17, 15) is 0 Å². The van der Waals surface area contributed by atoms with E-state index >= 15 is 0 Å². The Morgan fingerprint density at radius 3 is 0.389 bits per heavy atom. The zero-order valence-corrected chi connectivity index (χ0v) is 35.6. The van der Waals surface area contributed by atoms with Gasteiger partial charge in [0.15, 0.2) is 0 Å². The SMILES string of the molecule is NCCCN(CCCN)CCCN(CCCCN(CCCN(CCCN)CCCN)CCCN(CCCN)CCCN)CCCN(CCCN)CCCN. The molecule has 0 spiro atoms. The summed E-state index contributed by atoms with van der Waals surface area (Å²) in [6.07, 6.45) is 15.5. The van der Waals surface area contributed by atoms with Gasteiger partial charge in [0.25, 0.3) is 0 Å². The van der Waals surface area contributed by atoms with Crippen LogP contribution >= 0.6 is 0 Å². The molecule has 0 aromatic rings. The Kier molecular flexibility index (Phi) is 41.6. The maximum Gasteiger partial charge on any atom is -0.000653 e. The van der Waals surface area contributed by atoms with Crippen LogP contribution in [-0.4, -0.2) is 200 Å². The second kappa shape index (κ2) is 42.1. The minimum atomic E-state index is 0.745. The quantitative estimate of drug-likeness (QED) is 0.0380. The summed E-state index contributed by atoms with van der Waals surface area (Å²) in [6, 6.07) is 0. The molecule has 0 fully saturated rings. The summed E-state index contributed by atoms with van der Waals surface area (Å²) in [7, 11) is 0. The lowest BCUT2D eigenvalue weighted by Gasteiger charge is -2.29. The van der Waals surface area contributed by atoms with Crippen molar-refractivity contribution in [1.82, 2.24) is 29.4 Å². The second-order valence-corrected chi connectivity index (χ2v) is 15.3. The van der Waals surface area contributed by atoms with Crippen molar-refractivity contribution in [1.29, 1.82) is 0 Å². The number of unbranched alkanes of at least 4 members (excludes halogenated alkanes) is 1. The van der Waals surface area contributed by atoms with Gasteiger partial charge in [-0.1, -0.05) is 0 Å². The molecule has 0 aromatic heterocycles. The Bertz CT molecular complexity index is 582. The normalized spacial score (nSPS) is 12.3. The average molecular weight is 773 g/mol. The summed E-state index contributed by atoms with van der Waals surface area (Å²) < 4.78 is 0. The lowest BCUT2D eigenvalue weighted by molar-refractivity contribution is 0.190. The smallest absolute Gasteiger partial charge is 0.000653 e. The molecule has 0 atom stereocenters. The first-order valence-corrected chi connectivity index (χ1v) is 22.5. The van der Waals surface area contributed by atoms with Crippen molar-refractivity contribution in [3.8, 4) is 0 Å². The van der Waals surface area contributed by atoms with E-state index in [0.717, 1.165) is 222 Å². The molecular formula is C40H96N14. The van der Waals surface area contributed by atoms with E-state index in [2.05, 4.69) is 29.4 Å². The maximum atomic E-state index is 5.86. The lowest BCUT2D eigenvalue weighted by Crippen LogP contribution is -2.36. The number of hydrogen-bond donors (Lipinski definition) is 8. The Morgan fingerprint density at radius 1 is 0.148 bits per heavy atom. The number of hydrogen-bond acceptors (Lipinski definition) is 14. The Hall–Kier alpha value is -0.560. The fourth-order valence-corrected chi connectivity index (χ4v) is 7.27. The molecular weight excluding hydrogens is 677 g/mol. The molecule has 0 unspecified atom stereocenters. The fraction of sp³-hybridized carbons (Fsp3) is 1.00. The molecule has 0 aliphatic carbocycles. The molecule has 0 aromatic carbocycles. The molecule has 0 amide bonds. The number of nitrogens with two attached hydrogens (primary N) is 8. The van der Waals surface area contributed by atoms with Crippen LogP contribution in [0, 0.1) is 0 Å². The van der Waals surface area contributed by atoms with E-state index in [1.807, 2.05) is 0 Å². The zero-order chi connectivity index (χ0) is 39.7. The molecule has 16 N–H and O–H groups in total. The molecule has 14 heteroatoms. The van der Waals surface area contributed by atoms with Gasteiger partial charge in [-0.2, -0.15) is 0 Å². The van der Waals surface area contributed by atoms with Gasteiger partial charge in [-0.15, -0.1) is 0 Å². The highest BCUT2D eigenvalue weighted by molar-refractivity contribution is 4.70. The summed E-state index contributed by atoms with van der Waals surface area (Å²) in [5.74, 6) is 0. The maximum absolute atomic E-state index is 5.86. The van der Waals surface area contributed by atoms with E-state index in [-0.39, 0.29) is 0 Å². The highest BCUT2D eigenvalue weighted by atomic mass is 15.2. The molecule has 0 heterocycles. The minimum absolute atomic E-state index is 0.745. The van der Waals surface area contributed by atoms with Gasteiger partial charge in [0.1, 0.15) is 0 Å². The van der Waals surface area contributed by atoms with Crippen LogP contribution in [0.1, 0.15) is 89.9 Å². The Labute approximate surface area is 334 Å². The van der Waals surface area contributed by atoms with Gasteiger partial charge in [0.2, 0.25) is 0 Å². The molecule has 326 valence electrons. The van der Waals surface area contributed by atoms with Crippen LogP contribution in [0.25, 0.3) is 0 Å². The molecule has 0 aliphatic rings. The van der Waals surface area contributed by atoms with E-state index in [0.29, 0.717) is 0 Å². The van der Waals surface area contributed by atoms with Crippen LogP contribution in [0.15, 0.2) is 0 Å². The first-order valence-electron chi connectivity index (χ1n) is 22.5. The first-order chi connectivity index (χ1) is 26.5. The third-order valence-electron chi connectivity index (χ3n) is 10.4. The van der Waals surface area contributed by atoms with Crippen LogP contribution in [0.2, 0.25) is 0 Å². The third-order valence-corrected chi connectivity index (χ3v) is 10.4. The van der Waals surface area contributed by atoms with Gasteiger partial charge in [0.05, 0.1) is 0 Å². The van der Waals surface area contributed by atoms with E-state index in [4.69, 9.17) is 45.9 Å². The standard InChI is InChI=1S/C40H96N14/c41-15-3-25-51(26-4-16-42)37-11-33-49(34-12-38-52(27-5-17-43)28-6-18-44)23-1-2-24-50(35-13-39-53(29-7-19-45)30-8-20-46)36-14-40-54(31-9-21-47)32-10-22-48/h1-48H2. The number of nitrogens with zero attached hydrogens (tertiary/aromatic N) is 6. The second-order valence-electron chi connectivity index (χ2n) is 15.3. The summed E-state index contributed by atoms with van der Waals surface area (Å²) in [5, 5.41) is 0. The molecule has 0 rings (SSSR count). The van der Waals surface area contributed by atoms with E-state index in [1.54, 1.807) is 0 Å². The highest BCUT2D eigenvalue weighted by Gasteiger charge is 2.13. The lowest BCUT2D eigenvalue weighted by atomic mass is 10.2. The number of rotatable bonds is 45. The summed E-state index contributed by atoms with van der Waals surface area (Å²) in [5.41, 5.74) is 46.9. The Balaban J connectivity index is 5.42. The average Bonchev–Trinajstić information content (AvgIpc) is 3.18. The molecule has 0 bridgehead atoms. The zero-order valence-electron chi connectivity index (χ0n) is 35.6. The predicted octanol–water partition coefficient (Wildman–Crippen LogP) is -0.0706. The van der Waals surface area contributed by atoms with Crippen LogP contribution in [0.4, 0.5) is 0 Å². The predicted molar refractivity (Wildman–Crippen MR) is 236 cm³/mol. The summed E-state index contributed by atoms with van der Waals surface area (Å²) in [6.45, 7) is 25.8. The monoisotopic (exact) mass is 773 g/mol. The van der Waals surface area contributed by atoms with Crippen LogP contribution in [0.5, 0.6) is 0 Å². The van der Waals surface area contributed by atoms with Crippen molar-refractivity contribution in [3.63, 3.8) is 0 Å². The van der Waals surface area contributed by atoms with Crippen molar-refractivity contribution < 1.29 is 0 Å². The molecule has 54 heavy (non-hydrogen) atoms. The van der Waals surface area contributed by atoms with Gasteiger partial charge in [-0.05, 0) is 260 Å². The van der Waals surface area contributed by atoms with Crippen LogP contribution in [-0.2, 0) is 0 Å². The van der Waals surface area contributed by atoms with Gasteiger partial charge in [-0.3, -0.25) is 0 Å². The molecule has 0 radical (unpaired) electrons. The van der Waals surface area contributed by atoms with Gasteiger partial charge < -0.3 is 75.3 Å². The Morgan fingerprint density at radius 2 is 0.259 bits per heavy atom. The van der Waals surface area contributed by atoms with Crippen molar-refractivity contribution in [3.05, 3.63) is 0 Å². The van der Waals surface area contributed by atoms with Crippen molar-refractivity contribution in [2.75, 3.05) is 170 Å². The summed E-state index contributed by atoms with van der Waals surface area (Å²) >= 11 is 0. The molecule has 0 aliphatic heterocycles. The minimum Gasteiger partial charge on any atom is -0.330 e. The van der Waals surface area contributed by atoms with E-state index < -0.39 is 0 Å². The third kappa shape index (κ3) is 33.6. The van der Waals surface area contributed by atoms with Crippen LogP contribution in [0.3, 0.4) is 0 Å².